The molecule has 0 spiro atoms. The maximum Gasteiger partial charge on any atom is 0.162 e. The predicted octanol–water partition coefficient (Wildman–Crippen LogP) is 4.48. The molecule has 1 aromatic heterocycles. The van der Waals surface area contributed by atoms with Crippen LogP contribution in [0.15, 0.2) is 23.6 Å². The minimum Gasteiger partial charge on any atom is -0.490 e. The van der Waals surface area contributed by atoms with E-state index in [1.54, 1.807) is 11.3 Å². The molecule has 3 nitrogen and oxygen atoms in total. The number of hydrogen-bond acceptors (Lipinski definition) is 4. The molecule has 1 aliphatic rings. The topological polar surface area (TPSA) is 30.5 Å². The summed E-state index contributed by atoms with van der Waals surface area (Å²) in [6.07, 6.45) is 0.889. The van der Waals surface area contributed by atoms with Crippen molar-refractivity contribution >= 4 is 45.5 Å². The van der Waals surface area contributed by atoms with Gasteiger partial charge in [-0.1, -0.05) is 11.6 Å². The maximum atomic E-state index is 6.47. The highest BCUT2D eigenvalue weighted by Gasteiger charge is 2.21. The van der Waals surface area contributed by atoms with Crippen molar-refractivity contribution in [2.24, 2.45) is 0 Å². The Kier molecular flexibility index (Phi) is 4.93. The molecule has 3 rings (SSSR count). The van der Waals surface area contributed by atoms with Gasteiger partial charge in [0, 0.05) is 17.5 Å². The van der Waals surface area contributed by atoms with Crippen molar-refractivity contribution in [2.75, 3.05) is 20.3 Å². The summed E-state index contributed by atoms with van der Waals surface area (Å²) in [5.74, 6) is 1.51. The minimum absolute atomic E-state index is 0.0504. The van der Waals surface area contributed by atoms with Crippen molar-refractivity contribution in [3.05, 3.63) is 42.6 Å². The molecule has 0 amide bonds. The van der Waals surface area contributed by atoms with Crippen LogP contribution in [-0.2, 0) is 0 Å². The van der Waals surface area contributed by atoms with E-state index in [4.69, 9.17) is 21.1 Å². The third kappa shape index (κ3) is 3.31. The molecule has 0 aliphatic carbocycles. The lowest BCUT2D eigenvalue weighted by Gasteiger charge is -2.19. The largest absolute Gasteiger partial charge is 0.490 e. The molecule has 0 radical (unpaired) electrons. The molecule has 1 aliphatic heterocycles. The smallest absolute Gasteiger partial charge is 0.162 e. The van der Waals surface area contributed by atoms with Crippen molar-refractivity contribution in [3.8, 4) is 11.5 Å². The fraction of sp³-hybridized carbons (Fsp3) is 0.333. The fourth-order valence-corrected chi connectivity index (χ4v) is 4.06. The number of thiophene rings is 1. The van der Waals surface area contributed by atoms with E-state index < -0.39 is 0 Å². The maximum absolute atomic E-state index is 6.47. The molecule has 2 heterocycles. The number of rotatable bonds is 3. The average Bonchev–Trinajstić information content (AvgIpc) is 2.76. The SMILES string of the molecule is CNC(c1csc(I)c1)c1cc2c(cc1Cl)OCCCO2. The summed E-state index contributed by atoms with van der Waals surface area (Å²) < 4.78 is 12.7. The number of fused-ring (bicyclic) bond motifs is 1. The first-order valence-electron chi connectivity index (χ1n) is 6.69. The van der Waals surface area contributed by atoms with E-state index in [2.05, 4.69) is 39.4 Å². The van der Waals surface area contributed by atoms with Gasteiger partial charge >= 0.3 is 0 Å². The van der Waals surface area contributed by atoms with Crippen molar-refractivity contribution < 1.29 is 9.47 Å². The lowest BCUT2D eigenvalue weighted by Crippen LogP contribution is -2.17. The number of hydrogen-bond donors (Lipinski definition) is 1. The molecule has 21 heavy (non-hydrogen) atoms. The number of benzene rings is 1. The Labute approximate surface area is 146 Å². The second-order valence-corrected chi connectivity index (χ2v) is 7.99. The van der Waals surface area contributed by atoms with E-state index in [0.29, 0.717) is 18.2 Å². The summed E-state index contributed by atoms with van der Waals surface area (Å²) in [6, 6.07) is 6.08. The summed E-state index contributed by atoms with van der Waals surface area (Å²) in [5.41, 5.74) is 2.22. The standard InChI is InChI=1S/C15H15ClINO2S/c1-18-15(9-5-14(17)21-8-9)10-6-12-13(7-11(10)16)20-4-2-3-19-12/h5-8,15,18H,2-4H2,1H3. The predicted molar refractivity (Wildman–Crippen MR) is 95.0 cm³/mol. The Hall–Kier alpha value is -0.500. The van der Waals surface area contributed by atoms with Gasteiger partial charge in [0.05, 0.1) is 22.1 Å². The monoisotopic (exact) mass is 435 g/mol. The van der Waals surface area contributed by atoms with Gasteiger partial charge in [0.1, 0.15) is 0 Å². The second kappa shape index (κ2) is 6.73. The minimum atomic E-state index is 0.0504. The van der Waals surface area contributed by atoms with Crippen molar-refractivity contribution in [3.63, 3.8) is 0 Å². The molecule has 2 aromatic rings. The third-order valence-corrected chi connectivity index (χ3v) is 5.52. The van der Waals surface area contributed by atoms with Crippen LogP contribution >= 0.6 is 45.5 Å². The molecule has 112 valence electrons. The lowest BCUT2D eigenvalue weighted by atomic mass is 10.0. The molecule has 1 unspecified atom stereocenters. The molecule has 0 saturated carbocycles. The van der Waals surface area contributed by atoms with E-state index in [1.165, 1.54) is 8.45 Å². The van der Waals surface area contributed by atoms with Crippen LogP contribution in [0.4, 0.5) is 0 Å². The summed E-state index contributed by atoms with van der Waals surface area (Å²) in [7, 11) is 1.94. The van der Waals surface area contributed by atoms with Gasteiger partial charge < -0.3 is 14.8 Å². The van der Waals surface area contributed by atoms with Crippen LogP contribution in [0.3, 0.4) is 0 Å². The van der Waals surface area contributed by atoms with Crippen LogP contribution in [0.25, 0.3) is 0 Å². The van der Waals surface area contributed by atoms with E-state index in [9.17, 15) is 0 Å². The van der Waals surface area contributed by atoms with Gasteiger partial charge in [-0.2, -0.15) is 0 Å². The zero-order valence-corrected chi connectivity index (χ0v) is 15.2. The molecule has 0 bridgehead atoms. The van der Waals surface area contributed by atoms with Crippen LogP contribution in [-0.4, -0.2) is 20.3 Å². The third-order valence-electron chi connectivity index (χ3n) is 3.39. The Morgan fingerprint density at radius 3 is 2.57 bits per heavy atom. The molecular formula is C15H15ClINO2S. The molecule has 1 N–H and O–H groups in total. The van der Waals surface area contributed by atoms with Crippen LogP contribution in [0.1, 0.15) is 23.6 Å². The van der Waals surface area contributed by atoms with Crippen LogP contribution in [0, 0.1) is 2.88 Å². The molecule has 1 atom stereocenters. The van der Waals surface area contributed by atoms with Crippen molar-refractivity contribution in [2.45, 2.75) is 12.5 Å². The highest BCUT2D eigenvalue weighted by atomic mass is 127. The molecule has 1 aromatic carbocycles. The van der Waals surface area contributed by atoms with E-state index in [1.807, 2.05) is 19.2 Å². The Balaban J connectivity index is 2.02. The Morgan fingerprint density at radius 2 is 1.95 bits per heavy atom. The zero-order chi connectivity index (χ0) is 14.8. The van der Waals surface area contributed by atoms with Gasteiger partial charge in [0.25, 0.3) is 0 Å². The van der Waals surface area contributed by atoms with E-state index in [-0.39, 0.29) is 6.04 Å². The number of halogens is 2. The summed E-state index contributed by atoms with van der Waals surface area (Å²) in [4.78, 5) is 0. The van der Waals surface area contributed by atoms with Crippen LogP contribution in [0.5, 0.6) is 11.5 Å². The second-order valence-electron chi connectivity index (χ2n) is 4.78. The Morgan fingerprint density at radius 1 is 1.24 bits per heavy atom. The number of nitrogens with one attached hydrogen (secondary N) is 1. The van der Waals surface area contributed by atoms with Gasteiger partial charge in [-0.25, -0.2) is 0 Å². The van der Waals surface area contributed by atoms with Gasteiger partial charge in [-0.05, 0) is 58.3 Å². The van der Waals surface area contributed by atoms with E-state index in [0.717, 1.165) is 23.5 Å². The molecular weight excluding hydrogens is 421 g/mol. The zero-order valence-electron chi connectivity index (χ0n) is 11.5. The summed E-state index contributed by atoms with van der Waals surface area (Å²) in [6.45, 7) is 1.34. The van der Waals surface area contributed by atoms with Gasteiger partial charge in [-0.15, -0.1) is 11.3 Å². The van der Waals surface area contributed by atoms with Crippen LogP contribution < -0.4 is 14.8 Å². The van der Waals surface area contributed by atoms with Gasteiger partial charge in [-0.3, -0.25) is 0 Å². The molecule has 0 fully saturated rings. The first-order valence-corrected chi connectivity index (χ1v) is 9.03. The first-order chi connectivity index (χ1) is 10.2. The quantitative estimate of drug-likeness (QED) is 0.721. The average molecular weight is 436 g/mol. The highest BCUT2D eigenvalue weighted by molar-refractivity contribution is 14.1. The molecule has 6 heteroatoms. The fourth-order valence-electron chi connectivity index (χ4n) is 2.40. The van der Waals surface area contributed by atoms with Gasteiger partial charge in [0.15, 0.2) is 11.5 Å². The Bertz CT molecular complexity index is 647. The van der Waals surface area contributed by atoms with Crippen molar-refractivity contribution in [1.29, 1.82) is 0 Å². The molecule has 0 saturated heterocycles. The first kappa shape index (κ1) is 15.4. The normalized spacial score (nSPS) is 15.6. The van der Waals surface area contributed by atoms with E-state index >= 15 is 0 Å². The lowest BCUT2D eigenvalue weighted by molar-refractivity contribution is 0.297. The van der Waals surface area contributed by atoms with Crippen LogP contribution in [0.2, 0.25) is 5.02 Å². The number of ether oxygens (including phenoxy) is 2. The van der Waals surface area contributed by atoms with Gasteiger partial charge in [0.2, 0.25) is 0 Å². The summed E-state index contributed by atoms with van der Waals surface area (Å²) in [5, 5.41) is 6.18. The highest BCUT2D eigenvalue weighted by Crippen LogP contribution is 2.39. The van der Waals surface area contributed by atoms with Crippen molar-refractivity contribution in [1.82, 2.24) is 5.32 Å². The summed E-state index contributed by atoms with van der Waals surface area (Å²) >= 11 is 10.5.